The van der Waals surface area contributed by atoms with Crippen LogP contribution in [0.5, 0.6) is 0 Å². The van der Waals surface area contributed by atoms with E-state index in [1.165, 1.54) is 11.8 Å². The molecule has 0 aromatic heterocycles. The van der Waals surface area contributed by atoms with E-state index in [2.05, 4.69) is 4.99 Å². The summed E-state index contributed by atoms with van der Waals surface area (Å²) in [6.45, 7) is 0.329. The fraction of sp³-hybridized carbons (Fsp3) is 0.438. The fourth-order valence-electron chi connectivity index (χ4n) is 3.00. The number of hydrogen-bond donors (Lipinski definition) is 0. The molecule has 1 aromatic rings. The summed E-state index contributed by atoms with van der Waals surface area (Å²) in [4.78, 5) is 28.3. The summed E-state index contributed by atoms with van der Waals surface area (Å²) in [5.41, 5.74) is 0.801. The quantitative estimate of drug-likeness (QED) is 0.687. The van der Waals surface area contributed by atoms with E-state index in [0.717, 1.165) is 5.56 Å². The van der Waals surface area contributed by atoms with Crippen LogP contribution in [0.2, 0.25) is 5.02 Å². The first-order valence-electron chi connectivity index (χ1n) is 7.93. The topological polar surface area (TPSA) is 107 Å². The summed E-state index contributed by atoms with van der Waals surface area (Å²) in [5, 5.41) is 11.3. The zero-order valence-corrected chi connectivity index (χ0v) is 16.0. The summed E-state index contributed by atoms with van der Waals surface area (Å²) in [6, 6.07) is 6.92. The van der Waals surface area contributed by atoms with E-state index < -0.39 is 28.1 Å². The fourth-order valence-corrected chi connectivity index (χ4v) is 7.17. The van der Waals surface area contributed by atoms with Gasteiger partial charge in [0.2, 0.25) is 5.91 Å². The molecule has 7 nitrogen and oxygen atoms in total. The second-order valence-corrected chi connectivity index (χ2v) is 9.95. The lowest BCUT2D eigenvalue weighted by atomic mass is 10.1. The van der Waals surface area contributed by atoms with E-state index in [9.17, 15) is 23.1 Å². The van der Waals surface area contributed by atoms with Gasteiger partial charge in [-0.05, 0) is 18.1 Å². The van der Waals surface area contributed by atoms with Crippen molar-refractivity contribution in [1.29, 1.82) is 0 Å². The van der Waals surface area contributed by atoms with Gasteiger partial charge >= 0.3 is 0 Å². The largest absolute Gasteiger partial charge is 0.550 e. The number of carbonyl (C=O) groups is 2. The molecule has 2 atom stereocenters. The van der Waals surface area contributed by atoms with Crippen molar-refractivity contribution in [2.45, 2.75) is 30.7 Å². The van der Waals surface area contributed by atoms with E-state index in [-0.39, 0.29) is 29.2 Å². The maximum Gasteiger partial charge on any atom is 0.248 e. The molecule has 0 radical (unpaired) electrons. The number of halogens is 1. The lowest BCUT2D eigenvalue weighted by molar-refractivity contribution is -0.305. The highest BCUT2D eigenvalue weighted by atomic mass is 35.5. The van der Waals surface area contributed by atoms with Crippen LogP contribution in [0, 0.1) is 0 Å². The van der Waals surface area contributed by atoms with Gasteiger partial charge in [0.15, 0.2) is 15.0 Å². The third-order valence-electron chi connectivity index (χ3n) is 4.24. The van der Waals surface area contributed by atoms with Crippen LogP contribution in [0.4, 0.5) is 0 Å². The van der Waals surface area contributed by atoms with Crippen molar-refractivity contribution in [2.75, 3.05) is 11.5 Å². The molecule has 140 valence electrons. The van der Waals surface area contributed by atoms with Crippen LogP contribution >= 0.6 is 23.4 Å². The predicted molar refractivity (Wildman–Crippen MR) is 97.5 cm³/mol. The van der Waals surface area contributed by atoms with E-state index >= 15 is 0 Å². The summed E-state index contributed by atoms with van der Waals surface area (Å²) in [6.07, 6.45) is -0.647. The number of fused-ring (bicyclic) bond motifs is 1. The monoisotopic (exact) mass is 415 g/mol. The van der Waals surface area contributed by atoms with Gasteiger partial charge in [0.25, 0.3) is 0 Å². The molecule has 0 bridgehead atoms. The first-order valence-corrected chi connectivity index (χ1v) is 11.0. The van der Waals surface area contributed by atoms with Crippen LogP contribution in [-0.4, -0.2) is 53.2 Å². The maximum absolute atomic E-state index is 12.0. The van der Waals surface area contributed by atoms with Gasteiger partial charge in [-0.2, -0.15) is 4.99 Å². The number of amidine groups is 1. The second kappa shape index (κ2) is 7.58. The molecule has 0 aliphatic carbocycles. The molecule has 3 rings (SSSR count). The summed E-state index contributed by atoms with van der Waals surface area (Å²) >= 11 is 7.46. The molecular formula is C16H16ClN2O5S2-. The molecule has 1 aromatic carbocycles. The Hall–Kier alpha value is -1.58. The smallest absolute Gasteiger partial charge is 0.248 e. The highest BCUT2D eigenvalue weighted by Crippen LogP contribution is 2.39. The number of amides is 1. The van der Waals surface area contributed by atoms with Gasteiger partial charge in [-0.25, -0.2) is 8.42 Å². The predicted octanol–water partition coefficient (Wildman–Crippen LogP) is 0.467. The van der Waals surface area contributed by atoms with Crippen molar-refractivity contribution < 1.29 is 23.1 Å². The van der Waals surface area contributed by atoms with Crippen molar-refractivity contribution in [2.24, 2.45) is 4.99 Å². The number of aliphatic imine (C=N–C) groups is 1. The van der Waals surface area contributed by atoms with Crippen molar-refractivity contribution in [3.8, 4) is 0 Å². The number of carboxylic acid groups (broad SMARTS) is 1. The molecule has 1 amide bonds. The molecule has 0 spiro atoms. The molecule has 10 heteroatoms. The lowest BCUT2D eigenvalue weighted by Gasteiger charge is -2.25. The molecule has 0 N–H and O–H groups in total. The van der Waals surface area contributed by atoms with Gasteiger partial charge < -0.3 is 14.8 Å². The van der Waals surface area contributed by atoms with Crippen molar-refractivity contribution in [1.82, 2.24) is 4.90 Å². The Morgan fingerprint density at radius 2 is 2.00 bits per heavy atom. The number of nitrogens with zero attached hydrogens (tertiary/aromatic N) is 2. The van der Waals surface area contributed by atoms with Crippen LogP contribution in [0.25, 0.3) is 0 Å². The van der Waals surface area contributed by atoms with Gasteiger partial charge in [0.05, 0.1) is 17.5 Å². The van der Waals surface area contributed by atoms with E-state index in [4.69, 9.17) is 11.6 Å². The minimum absolute atomic E-state index is 0.00136. The number of thioether (sulfide) groups is 1. The number of carbonyl (C=O) groups excluding carboxylic acids is 2. The van der Waals surface area contributed by atoms with Crippen LogP contribution in [-0.2, 0) is 26.0 Å². The Bertz CT molecular complexity index is 871. The Morgan fingerprint density at radius 3 is 2.69 bits per heavy atom. The number of hydrogen-bond acceptors (Lipinski definition) is 6. The third-order valence-corrected chi connectivity index (χ3v) is 7.85. The average Bonchev–Trinajstić information content (AvgIpc) is 3.00. The number of benzene rings is 1. The minimum Gasteiger partial charge on any atom is -0.550 e. The molecule has 0 saturated carbocycles. The Morgan fingerprint density at radius 1 is 1.27 bits per heavy atom. The van der Waals surface area contributed by atoms with Crippen molar-refractivity contribution in [3.63, 3.8) is 0 Å². The van der Waals surface area contributed by atoms with Gasteiger partial charge in [-0.3, -0.25) is 4.79 Å². The third kappa shape index (κ3) is 4.39. The lowest BCUT2D eigenvalue weighted by Crippen LogP contribution is -2.37. The highest BCUT2D eigenvalue weighted by molar-refractivity contribution is 8.15. The normalized spacial score (nSPS) is 25.4. The Balaban J connectivity index is 1.85. The second-order valence-electron chi connectivity index (χ2n) is 6.18. The summed E-state index contributed by atoms with van der Waals surface area (Å²) in [7, 11) is -3.14. The minimum atomic E-state index is -3.14. The highest BCUT2D eigenvalue weighted by Gasteiger charge is 2.48. The number of aliphatic carboxylic acids is 1. The van der Waals surface area contributed by atoms with Crippen LogP contribution in [0.1, 0.15) is 18.4 Å². The SMILES string of the molecule is O=C([O-])CCC(=O)N=C1S[C@H]2CS(=O)(=O)C[C@H]2N1Cc1ccccc1Cl. The first-order chi connectivity index (χ1) is 12.2. The summed E-state index contributed by atoms with van der Waals surface area (Å²) < 4.78 is 23.9. The standard InChI is InChI=1S/C16H17ClN2O5S2/c17-11-4-2-1-3-10(11)7-19-12-8-26(23,24)9-13(12)25-16(19)18-14(20)5-6-15(21)22/h1-4,12-13H,5-9H2,(H,21,22)/p-1/t12-,13+/m1/s1. The molecule has 2 fully saturated rings. The van der Waals surface area contributed by atoms with E-state index in [0.29, 0.717) is 16.7 Å². The molecule has 2 saturated heterocycles. The zero-order chi connectivity index (χ0) is 18.9. The summed E-state index contributed by atoms with van der Waals surface area (Å²) in [5.74, 6) is -1.84. The Labute approximate surface area is 160 Å². The van der Waals surface area contributed by atoms with Crippen LogP contribution in [0.3, 0.4) is 0 Å². The van der Waals surface area contributed by atoms with Gasteiger partial charge in [0, 0.05) is 29.2 Å². The maximum atomic E-state index is 12.0. The van der Waals surface area contributed by atoms with Gasteiger partial charge in [-0.1, -0.05) is 41.6 Å². The molecule has 2 aliphatic heterocycles. The number of carboxylic acids is 1. The first kappa shape index (κ1) is 19.2. The number of sulfone groups is 1. The zero-order valence-electron chi connectivity index (χ0n) is 13.6. The molecule has 0 unspecified atom stereocenters. The van der Waals surface area contributed by atoms with E-state index in [1.54, 1.807) is 17.0 Å². The average molecular weight is 416 g/mol. The van der Waals surface area contributed by atoms with Crippen molar-refractivity contribution in [3.05, 3.63) is 34.9 Å². The van der Waals surface area contributed by atoms with Gasteiger partial charge in [0.1, 0.15) is 0 Å². The van der Waals surface area contributed by atoms with Gasteiger partial charge in [-0.15, -0.1) is 0 Å². The molecular weight excluding hydrogens is 400 g/mol. The number of rotatable bonds is 5. The van der Waals surface area contributed by atoms with Crippen molar-refractivity contribution >= 4 is 50.2 Å². The molecule has 26 heavy (non-hydrogen) atoms. The molecule has 2 heterocycles. The van der Waals surface area contributed by atoms with E-state index in [1.807, 2.05) is 12.1 Å². The van der Waals surface area contributed by atoms with Crippen LogP contribution < -0.4 is 5.11 Å². The Kier molecular flexibility index (Phi) is 5.59. The van der Waals surface area contributed by atoms with Crippen LogP contribution in [0.15, 0.2) is 29.3 Å². The molecule has 2 aliphatic rings.